The Labute approximate surface area is 210 Å². The van der Waals surface area contributed by atoms with E-state index in [1.165, 1.54) is 0 Å². The number of rotatable bonds is 7. The van der Waals surface area contributed by atoms with Gasteiger partial charge in [0.2, 0.25) is 11.2 Å². The second-order valence-electron chi connectivity index (χ2n) is 8.67. The average Bonchev–Trinajstić information content (AvgIpc) is 3.34. The first-order valence-corrected chi connectivity index (χ1v) is 12.6. The van der Waals surface area contributed by atoms with E-state index in [2.05, 4.69) is 89.8 Å². The number of nitrogens with two attached hydrogens (primary N) is 1. The Kier molecular flexibility index (Phi) is 6.46. The van der Waals surface area contributed by atoms with Crippen molar-refractivity contribution in [2.24, 2.45) is 0 Å². The van der Waals surface area contributed by atoms with Crippen molar-refractivity contribution < 1.29 is 8.83 Å². The molecule has 5 rings (SSSR count). The number of fused-ring (bicyclic) bond motifs is 2. The lowest BCUT2D eigenvalue weighted by molar-refractivity contribution is 0.590. The van der Waals surface area contributed by atoms with E-state index in [1.807, 2.05) is 18.2 Å². The lowest BCUT2D eigenvalue weighted by Crippen LogP contribution is -2.29. The molecular weight excluding hydrogens is 450 g/mol. The molecule has 0 bridgehead atoms. The van der Waals surface area contributed by atoms with Gasteiger partial charge in [0.1, 0.15) is 24.4 Å². The summed E-state index contributed by atoms with van der Waals surface area (Å²) in [6.45, 7) is 12.4. The summed E-state index contributed by atoms with van der Waals surface area (Å²) in [7, 11) is 0. The van der Waals surface area contributed by atoms with Gasteiger partial charge >= 0.3 is 6.01 Å². The van der Waals surface area contributed by atoms with Gasteiger partial charge in [-0.3, -0.25) is 0 Å². The van der Waals surface area contributed by atoms with Crippen molar-refractivity contribution in [3.63, 3.8) is 0 Å². The van der Waals surface area contributed by atoms with E-state index in [1.54, 1.807) is 0 Å². The summed E-state index contributed by atoms with van der Waals surface area (Å²) in [5.41, 5.74) is 11.6. The first-order chi connectivity index (χ1) is 17.6. The summed E-state index contributed by atoms with van der Waals surface area (Å²) in [5.74, 6) is 1.23. The van der Waals surface area contributed by atoms with Crippen LogP contribution in [0.4, 0.5) is 11.7 Å². The van der Waals surface area contributed by atoms with E-state index in [9.17, 15) is 0 Å². The van der Waals surface area contributed by atoms with Crippen molar-refractivity contribution in [2.45, 2.75) is 27.7 Å². The standard InChI is InChI=1S/C29H31N5O2/c1-5-33(6-2)19-13-15-23-25(17-19)35-26-18-20(34(7-3)8-4)14-16-24(26)27(23)21-11-9-10-12-22(21)28-31-32-29(30)36-28/h9-18,30H,5-8H2,1-4H3/p+1. The molecule has 7 nitrogen and oxygen atoms in total. The van der Waals surface area contributed by atoms with Crippen molar-refractivity contribution in [3.05, 3.63) is 66.0 Å². The summed E-state index contributed by atoms with van der Waals surface area (Å²) < 4.78 is 14.5. The average molecular weight is 483 g/mol. The highest BCUT2D eigenvalue weighted by atomic mass is 16.4. The van der Waals surface area contributed by atoms with Gasteiger partial charge in [0.15, 0.2) is 0 Å². The van der Waals surface area contributed by atoms with Crippen LogP contribution >= 0.6 is 0 Å². The molecule has 1 aliphatic heterocycles. The van der Waals surface area contributed by atoms with Crippen LogP contribution in [0.2, 0.25) is 0 Å². The molecule has 0 amide bonds. The van der Waals surface area contributed by atoms with Crippen molar-refractivity contribution >= 4 is 22.7 Å². The zero-order valence-corrected chi connectivity index (χ0v) is 21.3. The zero-order valence-electron chi connectivity index (χ0n) is 21.3. The van der Waals surface area contributed by atoms with E-state index in [0.29, 0.717) is 5.89 Å². The number of aromatic nitrogens is 2. The minimum Gasteiger partial charge on any atom is -0.456 e. The molecule has 0 atom stereocenters. The summed E-state index contributed by atoms with van der Waals surface area (Å²) in [6, 6.07) is 21.0. The third-order valence-electron chi connectivity index (χ3n) is 6.81. The maximum Gasteiger partial charge on any atom is 0.313 e. The second-order valence-corrected chi connectivity index (χ2v) is 8.67. The lowest BCUT2D eigenvalue weighted by atomic mass is 9.90. The quantitative estimate of drug-likeness (QED) is 0.244. The molecule has 0 radical (unpaired) electrons. The summed E-state index contributed by atoms with van der Waals surface area (Å²) in [4.78, 5) is 2.32. The van der Waals surface area contributed by atoms with Gasteiger partial charge in [-0.05, 0) is 57.5 Å². The first kappa shape index (κ1) is 23.6. The minimum absolute atomic E-state index is 0.0466. The number of hydrogen-bond acceptors (Lipinski definition) is 6. The number of benzene rings is 3. The summed E-state index contributed by atoms with van der Waals surface area (Å²) in [5, 5.41) is 10.2. The van der Waals surface area contributed by atoms with Crippen LogP contribution in [0, 0.1) is 0 Å². The Bertz CT molecular complexity index is 1560. The number of nitrogens with zero attached hydrogens (tertiary/aromatic N) is 4. The predicted octanol–water partition coefficient (Wildman–Crippen LogP) is 5.50. The molecule has 2 aliphatic rings. The van der Waals surface area contributed by atoms with E-state index in [4.69, 9.17) is 14.6 Å². The highest BCUT2D eigenvalue weighted by Gasteiger charge is 2.22. The Hall–Kier alpha value is -4.13. The third kappa shape index (κ3) is 4.11. The molecule has 184 valence electrons. The van der Waals surface area contributed by atoms with Gasteiger partial charge in [-0.2, -0.15) is 0 Å². The molecule has 0 saturated carbocycles. The maximum absolute atomic E-state index is 6.59. The maximum atomic E-state index is 6.59. The molecule has 1 aromatic heterocycles. The Morgan fingerprint density at radius 1 is 0.806 bits per heavy atom. The van der Waals surface area contributed by atoms with Crippen LogP contribution in [0.1, 0.15) is 27.7 Å². The number of hydrogen-bond donors (Lipinski definition) is 1. The van der Waals surface area contributed by atoms with Gasteiger partial charge in [-0.15, -0.1) is 5.10 Å². The fourth-order valence-electron chi connectivity index (χ4n) is 4.96. The van der Waals surface area contributed by atoms with Gasteiger partial charge in [0, 0.05) is 53.0 Å². The molecule has 0 saturated heterocycles. The monoisotopic (exact) mass is 482 g/mol. The first-order valence-electron chi connectivity index (χ1n) is 12.6. The lowest BCUT2D eigenvalue weighted by Gasteiger charge is -2.22. The normalized spacial score (nSPS) is 11.3. The van der Waals surface area contributed by atoms with Crippen LogP contribution < -0.4 is 20.6 Å². The molecule has 0 unspecified atom stereocenters. The van der Waals surface area contributed by atoms with Gasteiger partial charge in [0.05, 0.1) is 6.07 Å². The highest BCUT2D eigenvalue weighted by molar-refractivity contribution is 6.05. The molecular formula is C29H32N5O2+. The van der Waals surface area contributed by atoms with Crippen molar-refractivity contribution in [1.82, 2.24) is 14.8 Å². The molecule has 2 N–H and O–H groups in total. The molecule has 2 aromatic carbocycles. The third-order valence-corrected chi connectivity index (χ3v) is 6.81. The van der Waals surface area contributed by atoms with Crippen LogP contribution in [0.15, 0.2) is 69.5 Å². The fraction of sp³-hybridized carbons (Fsp3) is 0.276. The van der Waals surface area contributed by atoms with Crippen LogP contribution in [0.25, 0.3) is 44.9 Å². The van der Waals surface area contributed by atoms with Crippen molar-refractivity contribution in [3.8, 4) is 33.9 Å². The zero-order chi connectivity index (χ0) is 25.2. The van der Waals surface area contributed by atoms with Crippen molar-refractivity contribution in [2.75, 3.05) is 36.8 Å². The largest absolute Gasteiger partial charge is 0.456 e. The Balaban J connectivity index is 1.87. The van der Waals surface area contributed by atoms with E-state index < -0.39 is 0 Å². The molecule has 1 aliphatic carbocycles. The van der Waals surface area contributed by atoms with Gasteiger partial charge in [-0.1, -0.05) is 23.3 Å². The topological polar surface area (TPSA) is 84.3 Å². The van der Waals surface area contributed by atoms with E-state index in [-0.39, 0.29) is 6.01 Å². The molecule has 36 heavy (non-hydrogen) atoms. The van der Waals surface area contributed by atoms with E-state index in [0.717, 1.165) is 76.2 Å². The highest BCUT2D eigenvalue weighted by Crippen LogP contribution is 2.44. The molecule has 0 spiro atoms. The number of anilines is 2. The summed E-state index contributed by atoms with van der Waals surface area (Å²) >= 11 is 0. The minimum atomic E-state index is 0.0466. The van der Waals surface area contributed by atoms with Crippen molar-refractivity contribution in [1.29, 1.82) is 0 Å². The number of nitrogen functional groups attached to an aromatic ring is 1. The van der Waals surface area contributed by atoms with E-state index >= 15 is 0 Å². The van der Waals surface area contributed by atoms with Gasteiger partial charge < -0.3 is 19.5 Å². The molecule has 0 fully saturated rings. The molecule has 2 heterocycles. The SMILES string of the molecule is CCN(CC)c1ccc2c(-c3ccccc3-c3nnc(N)o3)c3ccc(=[N+](CC)CC)cc-3oc2c1. The smallest absolute Gasteiger partial charge is 0.313 e. The van der Waals surface area contributed by atoms with Crippen LogP contribution in [0.3, 0.4) is 0 Å². The molecule has 7 heteroatoms. The Morgan fingerprint density at radius 2 is 1.56 bits per heavy atom. The molecule has 3 aromatic rings. The van der Waals surface area contributed by atoms with Crippen LogP contribution in [-0.2, 0) is 0 Å². The van der Waals surface area contributed by atoms with Gasteiger partial charge in [0.25, 0.3) is 0 Å². The van der Waals surface area contributed by atoms with Crippen LogP contribution in [0.5, 0.6) is 0 Å². The van der Waals surface area contributed by atoms with Gasteiger partial charge in [-0.25, -0.2) is 4.58 Å². The second kappa shape index (κ2) is 9.85. The van der Waals surface area contributed by atoms with Crippen LogP contribution in [-0.4, -0.2) is 36.4 Å². The predicted molar refractivity (Wildman–Crippen MR) is 146 cm³/mol. The Morgan fingerprint density at radius 3 is 2.22 bits per heavy atom. The summed E-state index contributed by atoms with van der Waals surface area (Å²) in [6.07, 6.45) is 0. The fourth-order valence-corrected chi connectivity index (χ4v) is 4.96.